The largest absolute Gasteiger partial charge is 0.351 e. The van der Waals surface area contributed by atoms with E-state index in [2.05, 4.69) is 20.6 Å². The van der Waals surface area contributed by atoms with Crippen LogP contribution in [0, 0.1) is 11.3 Å². The molecule has 0 unspecified atom stereocenters. The van der Waals surface area contributed by atoms with Gasteiger partial charge in [-0.25, -0.2) is 4.79 Å². The predicted molar refractivity (Wildman–Crippen MR) is 123 cm³/mol. The van der Waals surface area contributed by atoms with Crippen LogP contribution in [0.1, 0.15) is 21.6 Å². The number of amides is 3. The van der Waals surface area contributed by atoms with E-state index in [1.807, 2.05) is 6.07 Å². The molecule has 0 spiro atoms. The molecule has 0 saturated carbocycles. The Bertz CT molecular complexity index is 1520. The summed E-state index contributed by atoms with van der Waals surface area (Å²) in [5, 5.41) is 24.9. The van der Waals surface area contributed by atoms with Crippen LogP contribution in [0.25, 0.3) is 16.9 Å². The van der Waals surface area contributed by atoms with Crippen molar-refractivity contribution in [2.24, 2.45) is 5.73 Å². The lowest BCUT2D eigenvalue weighted by Gasteiger charge is -2.26. The van der Waals surface area contributed by atoms with Crippen LogP contribution in [0.4, 0.5) is 10.5 Å². The van der Waals surface area contributed by atoms with Crippen LogP contribution < -0.4 is 11.1 Å². The van der Waals surface area contributed by atoms with E-state index in [-0.39, 0.29) is 22.7 Å². The van der Waals surface area contributed by atoms with Gasteiger partial charge in [-0.3, -0.25) is 13.9 Å². The van der Waals surface area contributed by atoms with E-state index in [1.54, 1.807) is 27.4 Å². The Morgan fingerprint density at radius 3 is 2.74 bits per heavy atom. The lowest BCUT2D eigenvalue weighted by Crippen LogP contribution is -2.42. The third-order valence-electron chi connectivity index (χ3n) is 5.49. The Labute approximate surface area is 202 Å². The van der Waals surface area contributed by atoms with Crippen molar-refractivity contribution in [3.05, 3.63) is 63.7 Å². The number of nitrogens with two attached hydrogens (primary N) is 1. The number of aromatic nitrogens is 5. The standard InChI is InChI=1S/C21H15Cl2N9O2/c22-14-6-13(2-1-11(14)7-24)27-20(33)17-16-9-30(21(25)34)3-4-32(16)29-18(17)12-5-15(23)19-28-26-10-31(19)8-12/h1-2,5-6,8,10H,3-4,9H2,(H2,25,34)(H,27,33). The summed E-state index contributed by atoms with van der Waals surface area (Å²) >= 11 is 12.5. The minimum atomic E-state index is -0.590. The SMILES string of the molecule is N#Cc1ccc(NC(=O)c2c(-c3cc(Cl)c4nncn4c3)nn3c2CN(C(N)=O)CC3)cc1Cl. The van der Waals surface area contributed by atoms with Gasteiger partial charge < -0.3 is 16.0 Å². The van der Waals surface area contributed by atoms with Crippen molar-refractivity contribution in [1.82, 2.24) is 29.3 Å². The van der Waals surface area contributed by atoms with Gasteiger partial charge >= 0.3 is 6.03 Å². The van der Waals surface area contributed by atoms with Crippen molar-refractivity contribution in [1.29, 1.82) is 5.26 Å². The van der Waals surface area contributed by atoms with Crippen molar-refractivity contribution in [3.8, 4) is 17.3 Å². The number of hydrogen-bond donors (Lipinski definition) is 2. The van der Waals surface area contributed by atoms with Crippen LogP contribution >= 0.6 is 23.2 Å². The summed E-state index contributed by atoms with van der Waals surface area (Å²) in [6.45, 7) is 0.840. The Kier molecular flexibility index (Phi) is 5.31. The number of carbonyl (C=O) groups is 2. The van der Waals surface area contributed by atoms with Gasteiger partial charge in [0.25, 0.3) is 5.91 Å². The van der Waals surface area contributed by atoms with Crippen LogP contribution in [-0.2, 0) is 13.1 Å². The molecule has 0 saturated heterocycles. The average molecular weight is 496 g/mol. The second-order valence-corrected chi connectivity index (χ2v) is 8.37. The normalized spacial score (nSPS) is 12.9. The molecule has 1 aliphatic heterocycles. The first-order chi connectivity index (χ1) is 16.4. The molecule has 0 aliphatic carbocycles. The molecular weight excluding hydrogens is 481 g/mol. The summed E-state index contributed by atoms with van der Waals surface area (Å²) in [6.07, 6.45) is 3.21. The Morgan fingerprint density at radius 1 is 1.18 bits per heavy atom. The number of nitriles is 1. The molecule has 0 atom stereocenters. The molecule has 170 valence electrons. The number of carbonyl (C=O) groups excluding carboxylic acids is 2. The summed E-state index contributed by atoms with van der Waals surface area (Å²) in [4.78, 5) is 26.8. The first-order valence-corrected chi connectivity index (χ1v) is 10.8. The fourth-order valence-corrected chi connectivity index (χ4v) is 4.33. The molecule has 34 heavy (non-hydrogen) atoms. The third kappa shape index (κ3) is 3.68. The zero-order valence-electron chi connectivity index (χ0n) is 17.4. The van der Waals surface area contributed by atoms with Crippen LogP contribution in [0.15, 0.2) is 36.8 Å². The maximum Gasteiger partial charge on any atom is 0.315 e. The fourth-order valence-electron chi connectivity index (χ4n) is 3.85. The molecule has 11 nitrogen and oxygen atoms in total. The van der Waals surface area contributed by atoms with Crippen molar-refractivity contribution < 1.29 is 9.59 Å². The molecule has 4 aromatic rings. The number of pyridine rings is 1. The number of halogens is 2. The highest BCUT2D eigenvalue weighted by molar-refractivity contribution is 6.33. The van der Waals surface area contributed by atoms with E-state index in [0.29, 0.717) is 46.4 Å². The van der Waals surface area contributed by atoms with Crippen molar-refractivity contribution >= 4 is 46.5 Å². The fraction of sp³-hybridized carbons (Fsp3) is 0.143. The smallest absolute Gasteiger partial charge is 0.315 e. The first kappa shape index (κ1) is 21.7. The molecule has 0 bridgehead atoms. The average Bonchev–Trinajstić information content (AvgIpc) is 3.43. The molecular formula is C21H15Cl2N9O2. The number of primary amides is 1. The molecule has 3 amide bonds. The van der Waals surface area contributed by atoms with Crippen LogP contribution in [0.5, 0.6) is 0 Å². The molecule has 13 heteroatoms. The van der Waals surface area contributed by atoms with E-state index >= 15 is 0 Å². The third-order valence-corrected chi connectivity index (χ3v) is 6.08. The van der Waals surface area contributed by atoms with E-state index in [1.165, 1.54) is 23.4 Å². The van der Waals surface area contributed by atoms with Gasteiger partial charge in [-0.2, -0.15) is 10.4 Å². The summed E-state index contributed by atoms with van der Waals surface area (Å²) < 4.78 is 3.31. The number of fused-ring (bicyclic) bond motifs is 2. The highest BCUT2D eigenvalue weighted by atomic mass is 35.5. The summed E-state index contributed by atoms with van der Waals surface area (Å²) in [6, 6.07) is 7.62. The summed E-state index contributed by atoms with van der Waals surface area (Å²) in [7, 11) is 0. The number of nitrogens with one attached hydrogen (secondary N) is 1. The van der Waals surface area contributed by atoms with Gasteiger partial charge in [0.15, 0.2) is 5.65 Å². The zero-order valence-corrected chi connectivity index (χ0v) is 18.9. The summed E-state index contributed by atoms with van der Waals surface area (Å²) in [5.74, 6) is -0.469. The number of rotatable bonds is 3. The lowest BCUT2D eigenvalue weighted by molar-refractivity contribution is 0.102. The number of anilines is 1. The second-order valence-electron chi connectivity index (χ2n) is 7.55. The van der Waals surface area contributed by atoms with Crippen LogP contribution in [0.3, 0.4) is 0 Å². The zero-order chi connectivity index (χ0) is 24.0. The maximum absolute atomic E-state index is 13.5. The van der Waals surface area contributed by atoms with Gasteiger partial charge in [-0.15, -0.1) is 10.2 Å². The van der Waals surface area contributed by atoms with Gasteiger partial charge in [-0.1, -0.05) is 23.2 Å². The summed E-state index contributed by atoms with van der Waals surface area (Å²) in [5.41, 5.74) is 8.36. The minimum absolute atomic E-state index is 0.113. The number of benzene rings is 1. The highest BCUT2D eigenvalue weighted by Gasteiger charge is 2.30. The lowest BCUT2D eigenvalue weighted by atomic mass is 10.1. The van der Waals surface area contributed by atoms with Crippen molar-refractivity contribution in [2.45, 2.75) is 13.1 Å². The molecule has 1 aliphatic rings. The Hall–Kier alpha value is -4.14. The highest BCUT2D eigenvalue weighted by Crippen LogP contribution is 2.32. The number of hydrogen-bond acceptors (Lipinski definition) is 6. The van der Waals surface area contributed by atoms with Crippen LogP contribution in [0.2, 0.25) is 10.0 Å². The van der Waals surface area contributed by atoms with Crippen molar-refractivity contribution in [2.75, 3.05) is 11.9 Å². The van der Waals surface area contributed by atoms with Gasteiger partial charge in [0, 0.05) is 24.0 Å². The topological polar surface area (TPSA) is 147 Å². The van der Waals surface area contributed by atoms with E-state index in [0.717, 1.165) is 0 Å². The Morgan fingerprint density at radius 2 is 2.00 bits per heavy atom. The monoisotopic (exact) mass is 495 g/mol. The van der Waals surface area contributed by atoms with E-state index < -0.39 is 11.9 Å². The number of urea groups is 1. The van der Waals surface area contributed by atoms with Gasteiger partial charge in [0.05, 0.1) is 40.0 Å². The minimum Gasteiger partial charge on any atom is -0.351 e. The van der Waals surface area contributed by atoms with E-state index in [9.17, 15) is 9.59 Å². The van der Waals surface area contributed by atoms with Gasteiger partial charge in [0.1, 0.15) is 18.1 Å². The van der Waals surface area contributed by atoms with E-state index in [4.69, 9.17) is 34.2 Å². The van der Waals surface area contributed by atoms with Crippen molar-refractivity contribution in [3.63, 3.8) is 0 Å². The van der Waals surface area contributed by atoms with Gasteiger partial charge in [-0.05, 0) is 24.3 Å². The second kappa shape index (κ2) is 8.33. The Balaban J connectivity index is 1.62. The number of nitrogens with zero attached hydrogens (tertiary/aromatic N) is 7. The molecule has 3 N–H and O–H groups in total. The maximum atomic E-state index is 13.5. The predicted octanol–water partition coefficient (Wildman–Crippen LogP) is 2.92. The molecule has 3 aromatic heterocycles. The molecule has 0 radical (unpaired) electrons. The quantitative estimate of drug-likeness (QED) is 0.446. The molecule has 5 rings (SSSR count). The van der Waals surface area contributed by atoms with Gasteiger partial charge in [0.2, 0.25) is 0 Å². The molecule has 1 aromatic carbocycles. The van der Waals surface area contributed by atoms with Crippen LogP contribution in [-0.4, -0.2) is 47.8 Å². The molecule has 4 heterocycles. The first-order valence-electron chi connectivity index (χ1n) is 10.00. The molecule has 0 fully saturated rings.